The summed E-state index contributed by atoms with van der Waals surface area (Å²) in [5.41, 5.74) is 4.59. The van der Waals surface area contributed by atoms with Crippen LogP contribution in [-0.2, 0) is 0 Å². The fourth-order valence-corrected chi connectivity index (χ4v) is 3.24. The van der Waals surface area contributed by atoms with Crippen molar-refractivity contribution in [2.45, 2.75) is 19.4 Å². The average Bonchev–Trinajstić information content (AvgIpc) is 3.36. The van der Waals surface area contributed by atoms with Gasteiger partial charge in [-0.25, -0.2) is 9.97 Å². The van der Waals surface area contributed by atoms with Gasteiger partial charge in [-0.05, 0) is 30.7 Å². The fourth-order valence-electron chi connectivity index (χ4n) is 3.24. The van der Waals surface area contributed by atoms with Crippen LogP contribution >= 0.6 is 0 Å². The molecule has 0 aliphatic rings. The third kappa shape index (κ3) is 3.25. The van der Waals surface area contributed by atoms with Crippen LogP contribution in [0.1, 0.15) is 24.9 Å². The summed E-state index contributed by atoms with van der Waals surface area (Å²) < 4.78 is 1.84. The molecule has 0 aliphatic carbocycles. The van der Waals surface area contributed by atoms with Gasteiger partial charge in [-0.3, -0.25) is 4.68 Å². The van der Waals surface area contributed by atoms with Crippen LogP contribution in [0.5, 0.6) is 0 Å². The number of fused-ring (bicyclic) bond motifs is 1. The zero-order valence-electron chi connectivity index (χ0n) is 14.9. The minimum atomic E-state index is -0.161. The second-order valence-corrected chi connectivity index (χ2v) is 6.21. The number of rotatable bonds is 6. The number of nitrogens with zero attached hydrogens (tertiary/aromatic N) is 5. The van der Waals surface area contributed by atoms with Crippen molar-refractivity contribution in [2.24, 2.45) is 0 Å². The molecule has 0 fully saturated rings. The van der Waals surface area contributed by atoms with Crippen LogP contribution in [0.25, 0.3) is 22.3 Å². The maximum atomic E-state index is 9.34. The Kier molecular flexibility index (Phi) is 4.54. The number of anilines is 1. The minimum absolute atomic E-state index is 0.161. The van der Waals surface area contributed by atoms with E-state index < -0.39 is 0 Å². The summed E-state index contributed by atoms with van der Waals surface area (Å²) >= 11 is 0. The average molecular weight is 357 g/mol. The molecule has 7 nitrogen and oxygen atoms in total. The van der Waals surface area contributed by atoms with E-state index in [1.165, 1.54) is 6.33 Å². The largest absolute Gasteiger partial charge is 0.385 e. The van der Waals surface area contributed by atoms with Crippen LogP contribution in [-0.4, -0.2) is 31.3 Å². The van der Waals surface area contributed by atoms with Crippen LogP contribution in [0.15, 0.2) is 55.2 Å². The molecule has 7 heteroatoms. The van der Waals surface area contributed by atoms with Crippen molar-refractivity contribution >= 4 is 16.7 Å². The van der Waals surface area contributed by atoms with Gasteiger partial charge < -0.3 is 10.3 Å². The van der Waals surface area contributed by atoms with Crippen LogP contribution in [0.3, 0.4) is 0 Å². The van der Waals surface area contributed by atoms with Crippen LogP contribution in [0.2, 0.25) is 0 Å². The summed E-state index contributed by atoms with van der Waals surface area (Å²) in [5, 5.41) is 18.1. The molecule has 1 unspecified atom stereocenters. The molecule has 27 heavy (non-hydrogen) atoms. The first-order chi connectivity index (χ1) is 13.3. The highest BCUT2D eigenvalue weighted by Gasteiger charge is 2.17. The molecule has 0 saturated heterocycles. The summed E-state index contributed by atoms with van der Waals surface area (Å²) in [5.74, 6) is 0. The molecule has 3 heterocycles. The summed E-state index contributed by atoms with van der Waals surface area (Å²) in [6.45, 7) is 2.90. The standard InChI is InChI=1S/C20H19N7/c1-2-22-16-5-3-4-14(10-16)18(6-8-21)27-12-15(11-26-27)19-17-7-9-23-20(17)25-13-24-19/h3-5,7,9-13,18,22H,2,6H2,1H3,(H,23,24,25). The Hall–Kier alpha value is -3.66. The quantitative estimate of drug-likeness (QED) is 0.548. The van der Waals surface area contributed by atoms with Crippen molar-refractivity contribution in [3.05, 3.63) is 60.8 Å². The van der Waals surface area contributed by atoms with Crippen molar-refractivity contribution in [1.82, 2.24) is 24.7 Å². The van der Waals surface area contributed by atoms with E-state index in [2.05, 4.69) is 44.4 Å². The summed E-state index contributed by atoms with van der Waals surface area (Å²) in [6.07, 6.45) is 7.44. The number of nitrogens with one attached hydrogen (secondary N) is 2. The molecule has 0 bridgehead atoms. The number of hydrogen-bond acceptors (Lipinski definition) is 5. The lowest BCUT2D eigenvalue weighted by Gasteiger charge is -2.16. The highest BCUT2D eigenvalue weighted by atomic mass is 15.3. The topological polar surface area (TPSA) is 95.2 Å². The van der Waals surface area contributed by atoms with Gasteiger partial charge in [-0.1, -0.05) is 12.1 Å². The predicted octanol–water partition coefficient (Wildman–Crippen LogP) is 3.76. The number of aromatic amines is 1. The first kappa shape index (κ1) is 16.8. The molecule has 4 rings (SSSR count). The fraction of sp³-hybridized carbons (Fsp3) is 0.200. The molecule has 0 aliphatic heterocycles. The lowest BCUT2D eigenvalue weighted by Crippen LogP contribution is -2.11. The van der Waals surface area contributed by atoms with Gasteiger partial charge in [0, 0.05) is 35.6 Å². The van der Waals surface area contributed by atoms with Crippen LogP contribution in [0.4, 0.5) is 5.69 Å². The predicted molar refractivity (Wildman–Crippen MR) is 104 cm³/mol. The zero-order valence-corrected chi connectivity index (χ0v) is 14.9. The molecule has 4 aromatic rings. The van der Waals surface area contributed by atoms with Crippen molar-refractivity contribution in [1.29, 1.82) is 5.26 Å². The third-order valence-corrected chi connectivity index (χ3v) is 4.49. The van der Waals surface area contributed by atoms with E-state index >= 15 is 0 Å². The van der Waals surface area contributed by atoms with Crippen LogP contribution in [0, 0.1) is 11.3 Å². The van der Waals surface area contributed by atoms with E-state index in [1.807, 2.05) is 41.3 Å². The van der Waals surface area contributed by atoms with Crippen molar-refractivity contribution < 1.29 is 0 Å². The molecule has 0 amide bonds. The van der Waals surface area contributed by atoms with E-state index in [4.69, 9.17) is 0 Å². The van der Waals surface area contributed by atoms with Gasteiger partial charge in [0.25, 0.3) is 0 Å². The molecule has 2 N–H and O–H groups in total. The Balaban J connectivity index is 1.72. The SMILES string of the molecule is CCNc1cccc(C(CC#N)n2cc(-c3ncnc4[nH]ccc34)cn2)c1. The lowest BCUT2D eigenvalue weighted by atomic mass is 10.0. The number of hydrogen-bond donors (Lipinski definition) is 2. The molecule has 1 atom stereocenters. The molecule has 0 radical (unpaired) electrons. The lowest BCUT2D eigenvalue weighted by molar-refractivity contribution is 0.532. The Morgan fingerprint density at radius 3 is 3.07 bits per heavy atom. The van der Waals surface area contributed by atoms with Gasteiger partial charge in [0.2, 0.25) is 0 Å². The van der Waals surface area contributed by atoms with E-state index in [-0.39, 0.29) is 6.04 Å². The number of aromatic nitrogens is 5. The maximum absolute atomic E-state index is 9.34. The third-order valence-electron chi connectivity index (χ3n) is 4.49. The molecule has 134 valence electrons. The maximum Gasteiger partial charge on any atom is 0.141 e. The first-order valence-corrected chi connectivity index (χ1v) is 8.83. The van der Waals surface area contributed by atoms with Gasteiger partial charge in [0.1, 0.15) is 12.0 Å². The summed E-state index contributed by atoms with van der Waals surface area (Å²) in [6, 6.07) is 12.2. The van der Waals surface area contributed by atoms with E-state index in [0.29, 0.717) is 6.42 Å². The minimum Gasteiger partial charge on any atom is -0.385 e. The highest BCUT2D eigenvalue weighted by Crippen LogP contribution is 2.28. The van der Waals surface area contributed by atoms with Gasteiger partial charge in [-0.2, -0.15) is 10.4 Å². The second-order valence-electron chi connectivity index (χ2n) is 6.21. The van der Waals surface area contributed by atoms with Crippen LogP contribution < -0.4 is 5.32 Å². The summed E-state index contributed by atoms with van der Waals surface area (Å²) in [7, 11) is 0. The van der Waals surface area contributed by atoms with Gasteiger partial charge in [0.05, 0.1) is 30.4 Å². The monoisotopic (exact) mass is 357 g/mol. The Labute approximate surface area is 156 Å². The van der Waals surface area contributed by atoms with Crippen molar-refractivity contribution in [2.75, 3.05) is 11.9 Å². The smallest absolute Gasteiger partial charge is 0.141 e. The molecule has 1 aromatic carbocycles. The molecule has 0 spiro atoms. The summed E-state index contributed by atoms with van der Waals surface area (Å²) in [4.78, 5) is 11.7. The molecule has 0 saturated carbocycles. The number of benzene rings is 1. The van der Waals surface area contributed by atoms with Crippen molar-refractivity contribution in [3.63, 3.8) is 0 Å². The van der Waals surface area contributed by atoms with E-state index in [1.54, 1.807) is 6.20 Å². The Morgan fingerprint density at radius 2 is 2.22 bits per heavy atom. The second kappa shape index (κ2) is 7.30. The zero-order chi connectivity index (χ0) is 18.6. The van der Waals surface area contributed by atoms with Gasteiger partial charge in [-0.15, -0.1) is 0 Å². The molecule has 3 aromatic heterocycles. The highest BCUT2D eigenvalue weighted by molar-refractivity contribution is 5.89. The normalized spacial score (nSPS) is 12.0. The Morgan fingerprint density at radius 1 is 1.30 bits per heavy atom. The van der Waals surface area contributed by atoms with Gasteiger partial charge in [0.15, 0.2) is 0 Å². The van der Waals surface area contributed by atoms with E-state index in [9.17, 15) is 5.26 Å². The number of H-pyrrole nitrogens is 1. The Bertz CT molecular complexity index is 1100. The van der Waals surface area contributed by atoms with Crippen molar-refractivity contribution in [3.8, 4) is 17.3 Å². The molecular weight excluding hydrogens is 338 g/mol. The first-order valence-electron chi connectivity index (χ1n) is 8.83. The van der Waals surface area contributed by atoms with E-state index in [0.717, 1.165) is 40.1 Å². The number of nitriles is 1. The van der Waals surface area contributed by atoms with Gasteiger partial charge >= 0.3 is 0 Å². The molecular formula is C20H19N7.